The van der Waals surface area contributed by atoms with E-state index in [0.29, 0.717) is 5.16 Å². The van der Waals surface area contributed by atoms with Gasteiger partial charge >= 0.3 is 5.97 Å². The summed E-state index contributed by atoms with van der Waals surface area (Å²) >= 11 is 1.29. The molecule has 6 heteroatoms. The minimum atomic E-state index is -0.766. The molecule has 5 nitrogen and oxygen atoms in total. The van der Waals surface area contributed by atoms with Crippen LogP contribution in [0.1, 0.15) is 19.8 Å². The maximum absolute atomic E-state index is 11.3. The predicted molar refractivity (Wildman–Crippen MR) is 55.6 cm³/mol. The van der Waals surface area contributed by atoms with Crippen LogP contribution in [0, 0.1) is 5.92 Å². The van der Waals surface area contributed by atoms with E-state index in [0.717, 1.165) is 12.8 Å². The molecular formula is C9H13N3O2S. The van der Waals surface area contributed by atoms with E-state index in [1.54, 1.807) is 17.8 Å². The average molecular weight is 227 g/mol. The molecule has 1 atom stereocenters. The van der Waals surface area contributed by atoms with Crippen molar-refractivity contribution in [1.82, 2.24) is 14.8 Å². The number of hydrogen-bond acceptors (Lipinski definition) is 4. The van der Waals surface area contributed by atoms with Gasteiger partial charge < -0.3 is 9.67 Å². The van der Waals surface area contributed by atoms with Gasteiger partial charge in [0.25, 0.3) is 0 Å². The van der Waals surface area contributed by atoms with E-state index in [9.17, 15) is 9.90 Å². The molecule has 0 spiro atoms. The lowest BCUT2D eigenvalue weighted by molar-refractivity contribution is -0.140. The monoisotopic (exact) mass is 227 g/mol. The molecule has 0 bridgehead atoms. The van der Waals surface area contributed by atoms with Gasteiger partial charge in [0, 0.05) is 7.05 Å². The van der Waals surface area contributed by atoms with Crippen molar-refractivity contribution in [2.24, 2.45) is 13.0 Å². The summed E-state index contributed by atoms with van der Waals surface area (Å²) in [6, 6.07) is 0. The first-order chi connectivity index (χ1) is 7.04. The number of carboxylic acids is 1. The number of rotatable bonds is 4. The van der Waals surface area contributed by atoms with Crippen molar-refractivity contribution >= 4 is 17.7 Å². The van der Waals surface area contributed by atoms with Crippen molar-refractivity contribution in [1.29, 1.82) is 0 Å². The van der Waals surface area contributed by atoms with E-state index in [1.807, 2.05) is 7.05 Å². The van der Waals surface area contributed by atoms with Crippen molar-refractivity contribution in [2.45, 2.75) is 29.7 Å². The molecule has 1 aromatic rings. The Bertz CT molecular complexity index is 388. The zero-order chi connectivity index (χ0) is 11.1. The second-order valence-electron chi connectivity index (χ2n) is 4.01. The summed E-state index contributed by atoms with van der Waals surface area (Å²) in [4.78, 5) is 11.3. The maximum atomic E-state index is 11.3. The molecule has 0 aromatic carbocycles. The zero-order valence-corrected chi connectivity index (χ0v) is 9.49. The minimum absolute atomic E-state index is 0.261. The molecule has 1 aromatic heterocycles. The standard InChI is InChI=1S/C9H13N3O2S/c1-9(7(13)14,6-3-4-6)15-8-11-10-5-12(8)2/h5-6H,3-4H2,1-2H3,(H,13,14). The molecule has 1 aliphatic rings. The first-order valence-corrected chi connectivity index (χ1v) is 5.62. The molecule has 0 amide bonds. The quantitative estimate of drug-likeness (QED) is 0.782. The normalized spacial score (nSPS) is 19.9. The van der Waals surface area contributed by atoms with Crippen LogP contribution in [0.4, 0.5) is 0 Å². The van der Waals surface area contributed by atoms with Crippen molar-refractivity contribution in [3.63, 3.8) is 0 Å². The van der Waals surface area contributed by atoms with Crippen LogP contribution in [0.3, 0.4) is 0 Å². The molecule has 0 radical (unpaired) electrons. The molecule has 0 aliphatic heterocycles. The van der Waals surface area contributed by atoms with Gasteiger partial charge in [0.15, 0.2) is 5.16 Å². The van der Waals surface area contributed by atoms with Crippen LogP contribution in [0.15, 0.2) is 11.5 Å². The third kappa shape index (κ3) is 1.86. The van der Waals surface area contributed by atoms with E-state index in [1.165, 1.54) is 11.8 Å². The molecule has 1 unspecified atom stereocenters. The Labute approximate surface area is 91.9 Å². The molecule has 1 N–H and O–H groups in total. The summed E-state index contributed by atoms with van der Waals surface area (Å²) in [5.41, 5.74) is 0. The number of carboxylic acid groups (broad SMARTS) is 1. The SMILES string of the molecule is Cn1cnnc1SC(C)(C(=O)O)C1CC1. The maximum Gasteiger partial charge on any atom is 0.320 e. The molecule has 1 fully saturated rings. The number of nitrogens with zero attached hydrogens (tertiary/aromatic N) is 3. The van der Waals surface area contributed by atoms with Crippen molar-refractivity contribution in [3.05, 3.63) is 6.33 Å². The summed E-state index contributed by atoms with van der Waals surface area (Å²) < 4.78 is 0.981. The number of thioether (sulfide) groups is 1. The van der Waals surface area contributed by atoms with Crippen LogP contribution < -0.4 is 0 Å². The van der Waals surface area contributed by atoms with Gasteiger partial charge in [0.05, 0.1) is 0 Å². The number of aromatic nitrogens is 3. The van der Waals surface area contributed by atoms with E-state index >= 15 is 0 Å². The second-order valence-corrected chi connectivity index (χ2v) is 5.43. The van der Waals surface area contributed by atoms with Gasteiger partial charge in [-0.25, -0.2) is 0 Å². The van der Waals surface area contributed by atoms with Crippen molar-refractivity contribution in [3.8, 4) is 0 Å². The lowest BCUT2D eigenvalue weighted by Gasteiger charge is -2.22. The molecule has 15 heavy (non-hydrogen) atoms. The number of carbonyl (C=O) groups is 1. The largest absolute Gasteiger partial charge is 0.480 e. The van der Waals surface area contributed by atoms with E-state index < -0.39 is 10.7 Å². The van der Waals surface area contributed by atoms with Crippen molar-refractivity contribution < 1.29 is 9.90 Å². The zero-order valence-electron chi connectivity index (χ0n) is 8.67. The third-order valence-corrected chi connectivity index (χ3v) is 4.24. The summed E-state index contributed by atoms with van der Waals surface area (Å²) in [7, 11) is 1.82. The molecule has 2 rings (SSSR count). The molecule has 82 valence electrons. The Kier molecular flexibility index (Phi) is 2.46. The van der Waals surface area contributed by atoms with Crippen LogP contribution in [0.25, 0.3) is 0 Å². The number of aryl methyl sites for hydroxylation is 1. The van der Waals surface area contributed by atoms with Gasteiger partial charge in [-0.15, -0.1) is 10.2 Å². The van der Waals surface area contributed by atoms with Gasteiger partial charge in [0.2, 0.25) is 0 Å². The first kappa shape index (κ1) is 10.5. The van der Waals surface area contributed by atoms with Crippen LogP contribution in [0.5, 0.6) is 0 Å². The van der Waals surface area contributed by atoms with Crippen LogP contribution in [0.2, 0.25) is 0 Å². The van der Waals surface area contributed by atoms with Crippen LogP contribution in [-0.2, 0) is 11.8 Å². The van der Waals surface area contributed by atoms with Crippen LogP contribution in [-0.4, -0.2) is 30.6 Å². The number of hydrogen-bond donors (Lipinski definition) is 1. The van der Waals surface area contributed by atoms with Gasteiger partial charge in [0.1, 0.15) is 11.1 Å². The smallest absolute Gasteiger partial charge is 0.320 e. The Balaban J connectivity index is 2.21. The Morgan fingerprint density at radius 3 is 2.80 bits per heavy atom. The Morgan fingerprint density at radius 1 is 1.73 bits per heavy atom. The molecule has 1 saturated carbocycles. The summed E-state index contributed by atoms with van der Waals surface area (Å²) in [5, 5.41) is 17.6. The topological polar surface area (TPSA) is 68.0 Å². The fourth-order valence-electron chi connectivity index (χ4n) is 1.49. The third-order valence-electron chi connectivity index (χ3n) is 2.75. The number of aliphatic carboxylic acids is 1. The molecule has 0 saturated heterocycles. The van der Waals surface area contributed by atoms with Crippen LogP contribution >= 0.6 is 11.8 Å². The summed E-state index contributed by atoms with van der Waals surface area (Å²) in [5.74, 6) is -0.505. The molecular weight excluding hydrogens is 214 g/mol. The minimum Gasteiger partial charge on any atom is -0.480 e. The second kappa shape index (κ2) is 3.52. The fraction of sp³-hybridized carbons (Fsp3) is 0.667. The highest BCUT2D eigenvalue weighted by atomic mass is 32.2. The van der Waals surface area contributed by atoms with E-state index in [-0.39, 0.29) is 5.92 Å². The molecule has 1 heterocycles. The molecule has 1 aliphatic carbocycles. The first-order valence-electron chi connectivity index (χ1n) is 4.80. The highest BCUT2D eigenvalue weighted by Gasteiger charge is 2.49. The lowest BCUT2D eigenvalue weighted by atomic mass is 10.1. The summed E-state index contributed by atoms with van der Waals surface area (Å²) in [6.07, 6.45) is 3.57. The van der Waals surface area contributed by atoms with E-state index in [4.69, 9.17) is 0 Å². The Hall–Kier alpha value is -1.04. The van der Waals surface area contributed by atoms with E-state index in [2.05, 4.69) is 10.2 Å². The van der Waals surface area contributed by atoms with Gasteiger partial charge in [-0.3, -0.25) is 4.79 Å². The summed E-state index contributed by atoms with van der Waals surface area (Å²) in [6.45, 7) is 1.77. The average Bonchev–Trinajstić information content (AvgIpc) is 2.94. The lowest BCUT2D eigenvalue weighted by Crippen LogP contribution is -2.34. The van der Waals surface area contributed by atoms with Gasteiger partial charge in [-0.1, -0.05) is 11.8 Å². The highest BCUT2D eigenvalue weighted by Crippen LogP contribution is 2.49. The highest BCUT2D eigenvalue weighted by molar-refractivity contribution is 8.01. The van der Waals surface area contributed by atoms with Gasteiger partial charge in [-0.2, -0.15) is 0 Å². The van der Waals surface area contributed by atoms with Crippen molar-refractivity contribution in [2.75, 3.05) is 0 Å². The fourth-order valence-corrected chi connectivity index (χ4v) is 2.64. The van der Waals surface area contributed by atoms with Gasteiger partial charge in [-0.05, 0) is 25.7 Å². The Morgan fingerprint density at radius 2 is 2.40 bits per heavy atom. The predicted octanol–water partition coefficient (Wildman–Crippen LogP) is 1.16.